The van der Waals surface area contributed by atoms with Crippen LogP contribution in [0.1, 0.15) is 31.9 Å². The number of hydrogen-bond donors (Lipinski definition) is 1. The van der Waals surface area contributed by atoms with Gasteiger partial charge in [0.15, 0.2) is 0 Å². The van der Waals surface area contributed by atoms with Gasteiger partial charge in [0.25, 0.3) is 0 Å². The molecule has 112 valence electrons. The van der Waals surface area contributed by atoms with Gasteiger partial charge in [-0.3, -0.25) is 0 Å². The van der Waals surface area contributed by atoms with E-state index in [0.29, 0.717) is 5.95 Å². The third kappa shape index (κ3) is 3.82. The van der Waals surface area contributed by atoms with Crippen LogP contribution in [-0.4, -0.2) is 22.0 Å². The van der Waals surface area contributed by atoms with Gasteiger partial charge in [0.2, 0.25) is 11.2 Å². The van der Waals surface area contributed by atoms with Gasteiger partial charge in [-0.15, -0.1) is 0 Å². The molecule has 0 aliphatic heterocycles. The molecule has 1 aromatic heterocycles. The molecule has 6 heteroatoms. The minimum Gasteiger partial charge on any atom is -0.424 e. The first-order chi connectivity index (χ1) is 9.79. The van der Waals surface area contributed by atoms with E-state index >= 15 is 0 Å². The first-order valence-electron chi connectivity index (χ1n) is 6.68. The van der Waals surface area contributed by atoms with Crippen LogP contribution in [0.25, 0.3) is 0 Å². The van der Waals surface area contributed by atoms with Gasteiger partial charge in [-0.1, -0.05) is 32.9 Å². The maximum atomic E-state index is 5.87. The van der Waals surface area contributed by atoms with E-state index < -0.39 is 0 Å². The molecule has 0 amide bonds. The van der Waals surface area contributed by atoms with E-state index in [2.05, 4.69) is 53.2 Å². The SMILES string of the molecule is CNc1nc(Cl)nc(Oc2cc(C)ccc2C(C)(C)C)n1. The second-order valence-corrected chi connectivity index (χ2v) is 6.15. The van der Waals surface area contributed by atoms with Crippen molar-refractivity contribution in [2.24, 2.45) is 0 Å². The number of anilines is 1. The lowest BCUT2D eigenvalue weighted by molar-refractivity contribution is 0.421. The zero-order valence-electron chi connectivity index (χ0n) is 12.9. The van der Waals surface area contributed by atoms with Gasteiger partial charge in [0.1, 0.15) is 5.75 Å². The van der Waals surface area contributed by atoms with E-state index in [1.165, 1.54) is 0 Å². The zero-order valence-corrected chi connectivity index (χ0v) is 13.6. The lowest BCUT2D eigenvalue weighted by Gasteiger charge is -2.22. The lowest BCUT2D eigenvalue weighted by Crippen LogP contribution is -2.13. The van der Waals surface area contributed by atoms with Crippen molar-refractivity contribution in [3.05, 3.63) is 34.6 Å². The van der Waals surface area contributed by atoms with Gasteiger partial charge < -0.3 is 10.1 Å². The maximum Gasteiger partial charge on any atom is 0.328 e. The molecule has 1 aromatic carbocycles. The van der Waals surface area contributed by atoms with Crippen LogP contribution in [-0.2, 0) is 5.41 Å². The topological polar surface area (TPSA) is 59.9 Å². The van der Waals surface area contributed by atoms with Gasteiger partial charge in [-0.25, -0.2) is 0 Å². The number of ether oxygens (including phenoxy) is 1. The molecule has 0 aliphatic rings. The van der Waals surface area contributed by atoms with Gasteiger partial charge >= 0.3 is 6.01 Å². The molecule has 2 rings (SSSR count). The first kappa shape index (κ1) is 15.5. The van der Waals surface area contributed by atoms with E-state index in [9.17, 15) is 0 Å². The monoisotopic (exact) mass is 306 g/mol. The fourth-order valence-corrected chi connectivity index (χ4v) is 2.07. The maximum absolute atomic E-state index is 5.87. The van der Waals surface area contributed by atoms with Crippen molar-refractivity contribution in [3.63, 3.8) is 0 Å². The van der Waals surface area contributed by atoms with E-state index in [0.717, 1.165) is 16.9 Å². The van der Waals surface area contributed by atoms with Crippen LogP contribution < -0.4 is 10.1 Å². The van der Waals surface area contributed by atoms with Crippen LogP contribution in [0.3, 0.4) is 0 Å². The molecule has 0 spiro atoms. The molecule has 5 nitrogen and oxygen atoms in total. The van der Waals surface area contributed by atoms with E-state index in [1.54, 1.807) is 7.05 Å². The highest BCUT2D eigenvalue weighted by molar-refractivity contribution is 6.28. The van der Waals surface area contributed by atoms with Gasteiger partial charge in [-0.05, 0) is 35.6 Å². The predicted molar refractivity (Wildman–Crippen MR) is 84.3 cm³/mol. The molecule has 1 heterocycles. The van der Waals surface area contributed by atoms with Crippen LogP contribution in [0.5, 0.6) is 11.8 Å². The van der Waals surface area contributed by atoms with Crippen molar-refractivity contribution in [1.82, 2.24) is 15.0 Å². The number of rotatable bonds is 3. The number of nitrogens with zero attached hydrogens (tertiary/aromatic N) is 3. The summed E-state index contributed by atoms with van der Waals surface area (Å²) in [6, 6.07) is 6.27. The minimum absolute atomic E-state index is 0.0499. The Balaban J connectivity index is 2.44. The number of aromatic nitrogens is 3. The molecule has 0 radical (unpaired) electrons. The average molecular weight is 307 g/mol. The summed E-state index contributed by atoms with van der Waals surface area (Å²) >= 11 is 5.87. The summed E-state index contributed by atoms with van der Waals surface area (Å²) in [7, 11) is 1.71. The van der Waals surface area contributed by atoms with Gasteiger partial charge in [-0.2, -0.15) is 15.0 Å². The molecular weight excluding hydrogens is 288 g/mol. The van der Waals surface area contributed by atoms with Crippen molar-refractivity contribution in [2.75, 3.05) is 12.4 Å². The Labute approximate surface area is 129 Å². The second-order valence-electron chi connectivity index (χ2n) is 5.81. The Bertz CT molecular complexity index is 653. The Morgan fingerprint density at radius 1 is 1.14 bits per heavy atom. The molecular formula is C15H19ClN4O. The Kier molecular flexibility index (Phi) is 4.32. The fourth-order valence-electron chi connectivity index (χ4n) is 1.92. The Hall–Kier alpha value is -1.88. The highest BCUT2D eigenvalue weighted by Gasteiger charge is 2.20. The van der Waals surface area contributed by atoms with Crippen LogP contribution in [0.15, 0.2) is 18.2 Å². The highest BCUT2D eigenvalue weighted by atomic mass is 35.5. The van der Waals surface area contributed by atoms with Crippen molar-refractivity contribution in [3.8, 4) is 11.8 Å². The zero-order chi connectivity index (χ0) is 15.6. The van der Waals surface area contributed by atoms with Crippen LogP contribution in [0, 0.1) is 6.92 Å². The van der Waals surface area contributed by atoms with Crippen LogP contribution in [0.2, 0.25) is 5.28 Å². The molecule has 0 bridgehead atoms. The van der Waals surface area contributed by atoms with E-state index in [1.807, 2.05) is 13.0 Å². The molecule has 2 aromatic rings. The third-order valence-electron chi connectivity index (χ3n) is 2.96. The second kappa shape index (κ2) is 5.85. The molecule has 0 fully saturated rings. The summed E-state index contributed by atoms with van der Waals surface area (Å²) in [5.74, 6) is 1.10. The summed E-state index contributed by atoms with van der Waals surface area (Å²) in [5, 5.41) is 2.92. The molecule has 0 aliphatic carbocycles. The lowest BCUT2D eigenvalue weighted by atomic mass is 9.86. The highest BCUT2D eigenvalue weighted by Crippen LogP contribution is 2.34. The summed E-state index contributed by atoms with van der Waals surface area (Å²) in [6.45, 7) is 8.40. The molecule has 1 N–H and O–H groups in total. The summed E-state index contributed by atoms with van der Waals surface area (Å²) in [6.07, 6.45) is 0. The smallest absolute Gasteiger partial charge is 0.328 e. The minimum atomic E-state index is -0.0499. The largest absolute Gasteiger partial charge is 0.424 e. The molecule has 21 heavy (non-hydrogen) atoms. The number of nitrogens with one attached hydrogen (secondary N) is 1. The van der Waals surface area contributed by atoms with Crippen molar-refractivity contribution in [1.29, 1.82) is 0 Å². The van der Waals surface area contributed by atoms with Crippen LogP contribution in [0.4, 0.5) is 5.95 Å². The molecule has 0 saturated carbocycles. The van der Waals surface area contributed by atoms with Gasteiger partial charge in [0, 0.05) is 12.6 Å². The Morgan fingerprint density at radius 3 is 2.48 bits per heavy atom. The molecule has 0 saturated heterocycles. The standard InChI is InChI=1S/C15H19ClN4O/c1-9-6-7-10(15(2,3)4)11(8-9)21-14-19-12(16)18-13(17-5)20-14/h6-8H,1-5H3,(H,17,18,19,20). The quantitative estimate of drug-likeness (QED) is 0.930. The summed E-state index contributed by atoms with van der Waals surface area (Å²) < 4.78 is 5.85. The number of halogens is 1. The van der Waals surface area contributed by atoms with E-state index in [4.69, 9.17) is 16.3 Å². The molecule has 0 atom stereocenters. The van der Waals surface area contributed by atoms with Crippen molar-refractivity contribution < 1.29 is 4.74 Å². The predicted octanol–water partition coefficient (Wildman–Crippen LogP) is 3.96. The number of benzene rings is 1. The Morgan fingerprint density at radius 2 is 1.86 bits per heavy atom. The fraction of sp³-hybridized carbons (Fsp3) is 0.400. The summed E-state index contributed by atoms with van der Waals surface area (Å²) in [4.78, 5) is 12.1. The summed E-state index contributed by atoms with van der Waals surface area (Å²) in [5.41, 5.74) is 2.13. The number of hydrogen-bond acceptors (Lipinski definition) is 5. The van der Waals surface area contributed by atoms with Crippen LogP contribution >= 0.6 is 11.6 Å². The first-order valence-corrected chi connectivity index (χ1v) is 7.05. The van der Waals surface area contributed by atoms with Crippen molar-refractivity contribution >= 4 is 17.5 Å². The van der Waals surface area contributed by atoms with Crippen molar-refractivity contribution in [2.45, 2.75) is 33.1 Å². The normalized spacial score (nSPS) is 11.3. The van der Waals surface area contributed by atoms with E-state index in [-0.39, 0.29) is 16.7 Å². The molecule has 0 unspecified atom stereocenters. The average Bonchev–Trinajstić information content (AvgIpc) is 2.36. The van der Waals surface area contributed by atoms with Gasteiger partial charge in [0.05, 0.1) is 0 Å². The third-order valence-corrected chi connectivity index (χ3v) is 3.13. The number of aryl methyl sites for hydroxylation is 1.